The van der Waals surface area contributed by atoms with Crippen molar-refractivity contribution in [2.45, 2.75) is 31.7 Å². The van der Waals surface area contributed by atoms with Crippen molar-refractivity contribution in [1.29, 1.82) is 0 Å². The Morgan fingerprint density at radius 3 is 2.82 bits per heavy atom. The average molecular weight is 228 g/mol. The molecule has 1 heterocycles. The molecule has 0 saturated heterocycles. The normalized spacial score (nSPS) is 16.5. The van der Waals surface area contributed by atoms with Crippen molar-refractivity contribution in [3.05, 3.63) is 30.5 Å². The van der Waals surface area contributed by atoms with E-state index >= 15 is 0 Å². The van der Waals surface area contributed by atoms with Gasteiger partial charge in [0, 0.05) is 17.6 Å². The predicted molar refractivity (Wildman–Crippen MR) is 69.3 cm³/mol. The van der Waals surface area contributed by atoms with Gasteiger partial charge in [0.25, 0.3) is 0 Å². The number of benzene rings is 1. The zero-order chi connectivity index (χ0) is 11.7. The number of nitrogens with zero attached hydrogens (tertiary/aromatic N) is 1. The van der Waals surface area contributed by atoms with Crippen molar-refractivity contribution < 1.29 is 5.11 Å². The maximum atomic E-state index is 9.56. The summed E-state index contributed by atoms with van der Waals surface area (Å²) in [5, 5.41) is 15.2. The summed E-state index contributed by atoms with van der Waals surface area (Å²) in [4.78, 5) is 4.39. The molecule has 1 aliphatic rings. The molecule has 3 rings (SSSR count). The summed E-state index contributed by atoms with van der Waals surface area (Å²) in [6, 6.07) is 7.91. The van der Waals surface area contributed by atoms with Crippen molar-refractivity contribution in [2.75, 3.05) is 5.32 Å². The molecule has 3 nitrogen and oxygen atoms in total. The molecule has 2 aromatic rings. The molecule has 1 saturated carbocycles. The second-order valence-corrected chi connectivity index (χ2v) is 4.69. The summed E-state index contributed by atoms with van der Waals surface area (Å²) < 4.78 is 0. The molecule has 0 atom stereocenters. The van der Waals surface area contributed by atoms with Crippen LogP contribution in [0.1, 0.15) is 25.7 Å². The molecule has 0 amide bonds. The Morgan fingerprint density at radius 2 is 2.00 bits per heavy atom. The largest absolute Gasteiger partial charge is 0.508 e. The van der Waals surface area contributed by atoms with Crippen LogP contribution in [0.25, 0.3) is 10.8 Å². The quantitative estimate of drug-likeness (QED) is 0.829. The number of rotatable bonds is 2. The van der Waals surface area contributed by atoms with Gasteiger partial charge in [-0.1, -0.05) is 18.9 Å². The van der Waals surface area contributed by atoms with Crippen molar-refractivity contribution >= 4 is 16.6 Å². The van der Waals surface area contributed by atoms with Crippen LogP contribution in [0.5, 0.6) is 5.75 Å². The lowest BCUT2D eigenvalue weighted by molar-refractivity contribution is 0.476. The number of anilines is 1. The van der Waals surface area contributed by atoms with Gasteiger partial charge in [-0.25, -0.2) is 4.98 Å². The second-order valence-electron chi connectivity index (χ2n) is 4.69. The number of hydrogen-bond acceptors (Lipinski definition) is 3. The van der Waals surface area contributed by atoms with E-state index in [-0.39, 0.29) is 0 Å². The van der Waals surface area contributed by atoms with Crippen molar-refractivity contribution in [3.63, 3.8) is 0 Å². The van der Waals surface area contributed by atoms with Crippen LogP contribution >= 0.6 is 0 Å². The minimum Gasteiger partial charge on any atom is -0.508 e. The minimum atomic E-state index is 0.292. The molecule has 0 aliphatic heterocycles. The number of phenols is 1. The number of fused-ring (bicyclic) bond motifs is 1. The summed E-state index contributed by atoms with van der Waals surface area (Å²) in [6.45, 7) is 0. The lowest BCUT2D eigenvalue weighted by Gasteiger charge is -2.14. The van der Waals surface area contributed by atoms with Crippen LogP contribution in [0.4, 0.5) is 5.82 Å². The Hall–Kier alpha value is -1.77. The van der Waals surface area contributed by atoms with E-state index in [4.69, 9.17) is 0 Å². The molecule has 88 valence electrons. The molecule has 0 spiro atoms. The van der Waals surface area contributed by atoms with Crippen LogP contribution in [0.15, 0.2) is 30.5 Å². The SMILES string of the molecule is Oc1ccc2ccnc(NC3CCCC3)c2c1. The molecular formula is C14H16N2O. The molecule has 1 aliphatic carbocycles. The fourth-order valence-corrected chi connectivity index (χ4v) is 2.53. The van der Waals surface area contributed by atoms with Crippen molar-refractivity contribution in [1.82, 2.24) is 4.98 Å². The predicted octanol–water partition coefficient (Wildman–Crippen LogP) is 3.29. The first-order valence-corrected chi connectivity index (χ1v) is 6.17. The molecule has 1 aromatic heterocycles. The third-order valence-electron chi connectivity index (χ3n) is 3.45. The Labute approximate surface area is 100 Å². The van der Waals surface area contributed by atoms with Gasteiger partial charge in [-0.3, -0.25) is 0 Å². The van der Waals surface area contributed by atoms with Crippen LogP contribution < -0.4 is 5.32 Å². The number of nitrogens with one attached hydrogen (secondary N) is 1. The number of pyridine rings is 1. The summed E-state index contributed by atoms with van der Waals surface area (Å²) >= 11 is 0. The van der Waals surface area contributed by atoms with Gasteiger partial charge in [0.1, 0.15) is 11.6 Å². The summed E-state index contributed by atoms with van der Waals surface area (Å²) in [7, 11) is 0. The Bertz CT molecular complexity index is 533. The zero-order valence-corrected chi connectivity index (χ0v) is 9.69. The fourth-order valence-electron chi connectivity index (χ4n) is 2.53. The van der Waals surface area contributed by atoms with Gasteiger partial charge in [0.2, 0.25) is 0 Å². The Morgan fingerprint density at radius 1 is 1.18 bits per heavy atom. The number of phenolic OH excluding ortho intramolecular Hbond substituents is 1. The monoisotopic (exact) mass is 228 g/mol. The molecule has 2 N–H and O–H groups in total. The van der Waals surface area contributed by atoms with Crippen LogP contribution in [-0.4, -0.2) is 16.1 Å². The Balaban J connectivity index is 1.99. The zero-order valence-electron chi connectivity index (χ0n) is 9.69. The first-order valence-electron chi connectivity index (χ1n) is 6.17. The van der Waals surface area contributed by atoms with E-state index in [2.05, 4.69) is 10.3 Å². The highest BCUT2D eigenvalue weighted by atomic mass is 16.3. The van der Waals surface area contributed by atoms with Crippen molar-refractivity contribution in [2.24, 2.45) is 0 Å². The average Bonchev–Trinajstić information content (AvgIpc) is 2.83. The molecule has 1 aromatic carbocycles. The Kier molecular flexibility index (Phi) is 2.59. The standard InChI is InChI=1S/C14H16N2O/c17-12-6-5-10-7-8-15-14(13(10)9-12)16-11-3-1-2-4-11/h5-9,11,17H,1-4H2,(H,15,16). The summed E-state index contributed by atoms with van der Waals surface area (Å²) in [6.07, 6.45) is 6.85. The molecule has 0 bridgehead atoms. The maximum absolute atomic E-state index is 9.56. The highest BCUT2D eigenvalue weighted by Gasteiger charge is 2.16. The first-order chi connectivity index (χ1) is 8.33. The topological polar surface area (TPSA) is 45.2 Å². The highest BCUT2D eigenvalue weighted by molar-refractivity contribution is 5.92. The van der Waals surface area contributed by atoms with Gasteiger partial charge in [-0.15, -0.1) is 0 Å². The van der Waals surface area contributed by atoms with E-state index in [0.29, 0.717) is 11.8 Å². The lowest BCUT2D eigenvalue weighted by atomic mass is 10.1. The second kappa shape index (κ2) is 4.24. The van der Waals surface area contributed by atoms with E-state index in [0.717, 1.165) is 16.6 Å². The summed E-state index contributed by atoms with van der Waals surface area (Å²) in [5.41, 5.74) is 0. The first kappa shape index (κ1) is 10.4. The smallest absolute Gasteiger partial charge is 0.134 e. The molecule has 0 unspecified atom stereocenters. The third kappa shape index (κ3) is 2.05. The van der Waals surface area contributed by atoms with Crippen LogP contribution in [0.2, 0.25) is 0 Å². The van der Waals surface area contributed by atoms with Gasteiger partial charge in [-0.05, 0) is 36.4 Å². The van der Waals surface area contributed by atoms with Crippen LogP contribution in [0.3, 0.4) is 0 Å². The molecule has 0 radical (unpaired) electrons. The summed E-state index contributed by atoms with van der Waals surface area (Å²) in [5.74, 6) is 1.19. The number of hydrogen-bond donors (Lipinski definition) is 2. The van der Waals surface area contributed by atoms with E-state index < -0.39 is 0 Å². The fraction of sp³-hybridized carbons (Fsp3) is 0.357. The van der Waals surface area contributed by atoms with Gasteiger partial charge in [-0.2, -0.15) is 0 Å². The number of aromatic nitrogens is 1. The van der Waals surface area contributed by atoms with Gasteiger partial charge in [0.05, 0.1) is 0 Å². The van der Waals surface area contributed by atoms with E-state index in [1.54, 1.807) is 12.1 Å². The molecular weight excluding hydrogens is 212 g/mol. The van der Waals surface area contributed by atoms with E-state index in [1.807, 2.05) is 18.3 Å². The minimum absolute atomic E-state index is 0.292. The highest BCUT2D eigenvalue weighted by Crippen LogP contribution is 2.28. The third-order valence-corrected chi connectivity index (χ3v) is 3.45. The van der Waals surface area contributed by atoms with Gasteiger partial charge >= 0.3 is 0 Å². The lowest BCUT2D eigenvalue weighted by Crippen LogP contribution is -2.15. The van der Waals surface area contributed by atoms with E-state index in [9.17, 15) is 5.11 Å². The molecule has 3 heteroatoms. The van der Waals surface area contributed by atoms with E-state index in [1.165, 1.54) is 25.7 Å². The molecule has 17 heavy (non-hydrogen) atoms. The van der Waals surface area contributed by atoms with Crippen molar-refractivity contribution in [3.8, 4) is 5.75 Å². The van der Waals surface area contributed by atoms with Gasteiger partial charge in [0.15, 0.2) is 0 Å². The number of aromatic hydroxyl groups is 1. The molecule has 1 fully saturated rings. The van der Waals surface area contributed by atoms with Crippen LogP contribution in [-0.2, 0) is 0 Å². The van der Waals surface area contributed by atoms with Crippen LogP contribution in [0, 0.1) is 0 Å². The van der Waals surface area contributed by atoms with Gasteiger partial charge < -0.3 is 10.4 Å². The maximum Gasteiger partial charge on any atom is 0.134 e.